The molecule has 1 atom stereocenters. The summed E-state index contributed by atoms with van der Waals surface area (Å²) in [4.78, 5) is 1.76. The first-order valence-electron chi connectivity index (χ1n) is 7.97. The van der Waals surface area contributed by atoms with E-state index < -0.39 is 17.5 Å². The maximum atomic E-state index is 14.3. The highest BCUT2D eigenvalue weighted by Crippen LogP contribution is 2.38. The molecule has 1 unspecified atom stereocenters. The lowest BCUT2D eigenvalue weighted by molar-refractivity contribution is 0.493. The summed E-state index contributed by atoms with van der Waals surface area (Å²) >= 11 is 0. The van der Waals surface area contributed by atoms with E-state index in [-0.39, 0.29) is 18.9 Å². The summed E-state index contributed by atoms with van der Waals surface area (Å²) in [5.41, 5.74) is 3.11. The molecule has 0 aromatic heterocycles. The van der Waals surface area contributed by atoms with Crippen molar-refractivity contribution < 1.29 is 13.2 Å². The molecular formula is C22H22F3N. The zero-order chi connectivity index (χ0) is 18.1. The number of benzene rings is 1. The topological polar surface area (TPSA) is 3.24 Å². The van der Waals surface area contributed by atoms with Crippen LogP contribution < -0.4 is 0 Å². The summed E-state index contributed by atoms with van der Waals surface area (Å²) in [6, 6.07) is 1.53. The maximum Gasteiger partial charge on any atom is 0.161 e. The number of hydrogen-bond donors (Lipinski definition) is 0. The van der Waals surface area contributed by atoms with Crippen LogP contribution >= 0.6 is 0 Å². The molecule has 0 saturated heterocycles. The van der Waals surface area contributed by atoms with E-state index in [2.05, 4.69) is 13.2 Å². The molecule has 0 fully saturated rings. The molecule has 1 aromatic rings. The van der Waals surface area contributed by atoms with Crippen LogP contribution in [-0.4, -0.2) is 4.90 Å². The highest BCUT2D eigenvalue weighted by Gasteiger charge is 2.22. The van der Waals surface area contributed by atoms with Crippen molar-refractivity contribution in [3.05, 3.63) is 102 Å². The van der Waals surface area contributed by atoms with E-state index >= 15 is 0 Å². The summed E-state index contributed by atoms with van der Waals surface area (Å²) in [5, 5.41) is 0. The van der Waals surface area contributed by atoms with Gasteiger partial charge in [0, 0.05) is 29.7 Å². The van der Waals surface area contributed by atoms with Gasteiger partial charge in [-0.1, -0.05) is 45.7 Å². The van der Waals surface area contributed by atoms with Gasteiger partial charge < -0.3 is 4.90 Å². The predicted octanol–water partition coefficient (Wildman–Crippen LogP) is 6.50. The minimum Gasteiger partial charge on any atom is -0.324 e. The Bertz CT molecular complexity index is 872. The number of allylic oxidation sites excluding steroid dienone is 7. The molecule has 0 radical (unpaired) electrons. The van der Waals surface area contributed by atoms with Gasteiger partial charge in [0.25, 0.3) is 0 Å². The second-order valence-corrected chi connectivity index (χ2v) is 6.18. The van der Waals surface area contributed by atoms with Gasteiger partial charge in [-0.25, -0.2) is 13.2 Å². The standard InChI is InChI=1S/C21H18F3N.CH4/c1-4-25-12-15(7-6-14(25)3)16-8-5-13(2)9-17(16)18-10-20(23)21(24)11-19(18)22;/h4-8,10-13H,1,3,9H2,2H3;1H4. The zero-order valence-electron chi connectivity index (χ0n) is 13.9. The Morgan fingerprint density at radius 2 is 1.77 bits per heavy atom. The molecule has 4 heteroatoms. The second-order valence-electron chi connectivity index (χ2n) is 6.18. The van der Waals surface area contributed by atoms with Crippen molar-refractivity contribution in [1.29, 1.82) is 0 Å². The molecule has 0 bridgehead atoms. The lowest BCUT2D eigenvalue weighted by Crippen LogP contribution is -2.13. The third-order valence-corrected chi connectivity index (χ3v) is 4.35. The van der Waals surface area contributed by atoms with Crippen LogP contribution in [0.25, 0.3) is 5.57 Å². The zero-order valence-corrected chi connectivity index (χ0v) is 13.9. The van der Waals surface area contributed by atoms with Gasteiger partial charge in [-0.2, -0.15) is 0 Å². The van der Waals surface area contributed by atoms with Crippen molar-refractivity contribution in [3.8, 4) is 0 Å². The fourth-order valence-corrected chi connectivity index (χ4v) is 3.02. The maximum absolute atomic E-state index is 14.3. The quantitative estimate of drug-likeness (QED) is 0.558. The van der Waals surface area contributed by atoms with Gasteiger partial charge in [0.15, 0.2) is 11.6 Å². The average Bonchev–Trinajstić information content (AvgIpc) is 2.59. The van der Waals surface area contributed by atoms with Crippen molar-refractivity contribution in [3.63, 3.8) is 0 Å². The summed E-state index contributed by atoms with van der Waals surface area (Å²) in [6.07, 6.45) is 11.6. The van der Waals surface area contributed by atoms with E-state index in [4.69, 9.17) is 0 Å². The van der Waals surface area contributed by atoms with Gasteiger partial charge in [-0.3, -0.25) is 0 Å². The SMILES string of the molecule is C.C=CN1C=C(C2=C(c3cc(F)c(F)cc3F)CC(C)C=C2)C=CC1=C. The first kappa shape index (κ1) is 19.6. The summed E-state index contributed by atoms with van der Waals surface area (Å²) < 4.78 is 41.3. The number of rotatable bonds is 3. The van der Waals surface area contributed by atoms with Crippen molar-refractivity contribution in [2.24, 2.45) is 5.92 Å². The van der Waals surface area contributed by atoms with Crippen LogP contribution in [-0.2, 0) is 0 Å². The molecule has 3 rings (SSSR count). The first-order valence-corrected chi connectivity index (χ1v) is 7.97. The van der Waals surface area contributed by atoms with Crippen LogP contribution in [0, 0.1) is 23.4 Å². The Balaban J connectivity index is 0.00000243. The Hall–Kier alpha value is -2.75. The summed E-state index contributed by atoms with van der Waals surface area (Å²) in [6.45, 7) is 9.64. The molecular weight excluding hydrogens is 335 g/mol. The third kappa shape index (κ3) is 3.59. The van der Waals surface area contributed by atoms with Crippen molar-refractivity contribution in [2.75, 3.05) is 0 Å². The fraction of sp³-hybridized carbons (Fsp3) is 0.182. The van der Waals surface area contributed by atoms with Crippen LogP contribution in [0.1, 0.15) is 26.3 Å². The van der Waals surface area contributed by atoms with Crippen molar-refractivity contribution in [1.82, 2.24) is 4.90 Å². The third-order valence-electron chi connectivity index (χ3n) is 4.35. The van der Waals surface area contributed by atoms with Crippen molar-refractivity contribution >= 4 is 5.57 Å². The summed E-state index contributed by atoms with van der Waals surface area (Å²) in [7, 11) is 0. The lowest BCUT2D eigenvalue weighted by Gasteiger charge is -2.26. The van der Waals surface area contributed by atoms with Crippen LogP contribution in [0.15, 0.2) is 78.8 Å². The van der Waals surface area contributed by atoms with E-state index in [1.807, 2.05) is 37.4 Å². The summed E-state index contributed by atoms with van der Waals surface area (Å²) in [5.74, 6) is -2.84. The lowest BCUT2D eigenvalue weighted by atomic mass is 9.83. The van der Waals surface area contributed by atoms with E-state index in [0.29, 0.717) is 18.1 Å². The number of nitrogens with zero attached hydrogens (tertiary/aromatic N) is 1. The van der Waals surface area contributed by atoms with E-state index in [1.165, 1.54) is 0 Å². The van der Waals surface area contributed by atoms with Gasteiger partial charge in [-0.15, -0.1) is 0 Å². The van der Waals surface area contributed by atoms with Crippen LogP contribution in [0.5, 0.6) is 0 Å². The first-order chi connectivity index (χ1) is 11.9. The van der Waals surface area contributed by atoms with Gasteiger partial charge in [0.1, 0.15) is 5.82 Å². The van der Waals surface area contributed by atoms with Gasteiger partial charge >= 0.3 is 0 Å². The molecule has 136 valence electrons. The van der Waals surface area contributed by atoms with E-state index in [9.17, 15) is 13.2 Å². The normalized spacial score (nSPS) is 19.4. The minimum atomic E-state index is -1.19. The van der Waals surface area contributed by atoms with Gasteiger partial charge in [0.2, 0.25) is 0 Å². The van der Waals surface area contributed by atoms with Gasteiger partial charge in [0.05, 0.1) is 0 Å². The molecule has 2 aliphatic rings. The molecule has 0 amide bonds. The van der Waals surface area contributed by atoms with Crippen molar-refractivity contribution in [2.45, 2.75) is 20.8 Å². The van der Waals surface area contributed by atoms with Gasteiger partial charge in [-0.05, 0) is 41.2 Å². The number of halogens is 3. The molecule has 1 aliphatic heterocycles. The Labute approximate surface area is 152 Å². The van der Waals surface area contributed by atoms with E-state index in [0.717, 1.165) is 22.9 Å². The molecule has 26 heavy (non-hydrogen) atoms. The molecule has 1 nitrogen and oxygen atoms in total. The van der Waals surface area contributed by atoms with Crippen LogP contribution in [0.4, 0.5) is 13.2 Å². The number of hydrogen-bond acceptors (Lipinski definition) is 1. The fourth-order valence-electron chi connectivity index (χ4n) is 3.02. The molecule has 1 aliphatic carbocycles. The van der Waals surface area contributed by atoms with Crippen LogP contribution in [0.2, 0.25) is 0 Å². The highest BCUT2D eigenvalue weighted by atomic mass is 19.2. The second kappa shape index (κ2) is 7.65. The minimum absolute atomic E-state index is 0. The Morgan fingerprint density at radius 1 is 1.08 bits per heavy atom. The largest absolute Gasteiger partial charge is 0.324 e. The Kier molecular flexibility index (Phi) is 5.76. The smallest absolute Gasteiger partial charge is 0.161 e. The highest BCUT2D eigenvalue weighted by molar-refractivity contribution is 5.78. The Morgan fingerprint density at radius 3 is 2.46 bits per heavy atom. The molecule has 1 aromatic carbocycles. The molecule has 0 saturated carbocycles. The molecule has 0 N–H and O–H groups in total. The van der Waals surface area contributed by atoms with E-state index in [1.54, 1.807) is 11.1 Å². The monoisotopic (exact) mass is 357 g/mol. The average molecular weight is 357 g/mol. The predicted molar refractivity (Wildman–Crippen MR) is 101 cm³/mol. The molecule has 1 heterocycles. The molecule has 0 spiro atoms. The van der Waals surface area contributed by atoms with Crippen LogP contribution in [0.3, 0.4) is 0 Å².